The number of hydrogen-bond acceptors (Lipinski definition) is 3. The van der Waals surface area contributed by atoms with Crippen LogP contribution in [0.25, 0.3) is 0 Å². The van der Waals surface area contributed by atoms with Crippen LogP contribution < -0.4 is 4.52 Å². The van der Waals surface area contributed by atoms with E-state index in [0.717, 1.165) is 18.4 Å². The van der Waals surface area contributed by atoms with Crippen LogP contribution in [0, 0.1) is 0 Å². The Hall–Kier alpha value is -0.630. The predicted octanol–water partition coefficient (Wildman–Crippen LogP) is 3.79. The summed E-state index contributed by atoms with van der Waals surface area (Å²) in [5, 5.41) is 0. The molecule has 0 amide bonds. The van der Waals surface area contributed by atoms with Crippen molar-refractivity contribution < 1.29 is 14.3 Å². The minimum absolute atomic E-state index is 0.596. The predicted molar refractivity (Wildman–Crippen MR) is 70.9 cm³/mol. The first-order valence-electron chi connectivity index (χ1n) is 6.17. The van der Waals surface area contributed by atoms with E-state index >= 15 is 0 Å². The van der Waals surface area contributed by atoms with Gasteiger partial charge in [-0.05, 0) is 24.5 Å². The Morgan fingerprint density at radius 2 is 1.76 bits per heavy atom. The van der Waals surface area contributed by atoms with Gasteiger partial charge >= 0.3 is 8.60 Å². The van der Waals surface area contributed by atoms with E-state index < -0.39 is 8.60 Å². The second kappa shape index (κ2) is 8.46. The van der Waals surface area contributed by atoms with Gasteiger partial charge in [-0.1, -0.05) is 50.8 Å². The molecule has 0 bridgehead atoms. The van der Waals surface area contributed by atoms with E-state index in [9.17, 15) is 0 Å². The van der Waals surface area contributed by atoms with Crippen molar-refractivity contribution in [3.8, 4) is 5.75 Å². The molecule has 0 radical (unpaired) electrons. The van der Waals surface area contributed by atoms with E-state index in [1.165, 1.54) is 25.7 Å². The van der Waals surface area contributed by atoms with Crippen LogP contribution in [-0.2, 0) is 6.42 Å². The van der Waals surface area contributed by atoms with Gasteiger partial charge in [-0.2, -0.15) is 0 Å². The Kier molecular flexibility index (Phi) is 7.18. The second-order valence-electron chi connectivity index (χ2n) is 4.12. The summed E-state index contributed by atoms with van der Waals surface area (Å²) in [5.74, 6) is 0.596. The van der Waals surface area contributed by atoms with E-state index in [1.807, 2.05) is 18.2 Å². The molecular formula is C13H21O3P. The first kappa shape index (κ1) is 14.4. The molecule has 0 aliphatic carbocycles. The van der Waals surface area contributed by atoms with Gasteiger partial charge in [0.2, 0.25) is 0 Å². The SMILES string of the molecule is CCCCCCCc1ccccc1OP(O)O. The summed E-state index contributed by atoms with van der Waals surface area (Å²) >= 11 is 0. The zero-order valence-electron chi connectivity index (χ0n) is 10.3. The fourth-order valence-electron chi connectivity index (χ4n) is 1.81. The van der Waals surface area contributed by atoms with Gasteiger partial charge in [-0.25, -0.2) is 0 Å². The molecule has 0 aliphatic rings. The number of hydrogen-bond donors (Lipinski definition) is 2. The maximum absolute atomic E-state index is 8.87. The highest BCUT2D eigenvalue weighted by Gasteiger charge is 2.07. The Balaban J connectivity index is 2.40. The molecule has 2 N–H and O–H groups in total. The molecule has 0 saturated heterocycles. The van der Waals surface area contributed by atoms with Gasteiger partial charge in [0.1, 0.15) is 5.75 Å². The smallest absolute Gasteiger partial charge is 0.391 e. The Bertz CT molecular complexity index is 315. The van der Waals surface area contributed by atoms with Crippen molar-refractivity contribution in [1.29, 1.82) is 0 Å². The highest BCUT2D eigenvalue weighted by molar-refractivity contribution is 7.39. The minimum atomic E-state index is -2.32. The zero-order chi connectivity index (χ0) is 12.5. The topological polar surface area (TPSA) is 49.7 Å². The number of rotatable bonds is 8. The standard InChI is InChI=1S/C13H21O3P/c1-2-3-4-5-6-9-12-10-7-8-11-13(12)16-17(14)15/h7-8,10-11,14-15H,2-6,9H2,1H3. The molecule has 0 unspecified atom stereocenters. The summed E-state index contributed by atoms with van der Waals surface area (Å²) in [5.41, 5.74) is 1.06. The largest absolute Gasteiger partial charge is 0.427 e. The van der Waals surface area contributed by atoms with Crippen LogP contribution >= 0.6 is 8.60 Å². The third kappa shape index (κ3) is 6.02. The van der Waals surface area contributed by atoms with Crippen LogP contribution in [-0.4, -0.2) is 9.79 Å². The first-order chi connectivity index (χ1) is 8.24. The van der Waals surface area contributed by atoms with Crippen LogP contribution in [0.15, 0.2) is 24.3 Å². The zero-order valence-corrected chi connectivity index (χ0v) is 11.2. The molecule has 1 aromatic carbocycles. The number of para-hydroxylation sites is 1. The van der Waals surface area contributed by atoms with Crippen LogP contribution in [0.4, 0.5) is 0 Å². The van der Waals surface area contributed by atoms with Gasteiger partial charge in [0.15, 0.2) is 0 Å². The number of aryl methyl sites for hydroxylation is 1. The van der Waals surface area contributed by atoms with Crippen molar-refractivity contribution in [2.24, 2.45) is 0 Å². The molecule has 17 heavy (non-hydrogen) atoms. The molecular weight excluding hydrogens is 235 g/mol. The lowest BCUT2D eigenvalue weighted by Crippen LogP contribution is -1.93. The molecule has 1 aromatic rings. The Labute approximate surface area is 104 Å². The molecule has 4 heteroatoms. The Morgan fingerprint density at radius 3 is 2.47 bits per heavy atom. The van der Waals surface area contributed by atoms with Crippen molar-refractivity contribution in [3.05, 3.63) is 29.8 Å². The van der Waals surface area contributed by atoms with Crippen LogP contribution in [0.1, 0.15) is 44.6 Å². The maximum Gasteiger partial charge on any atom is 0.391 e. The maximum atomic E-state index is 8.87. The van der Waals surface area contributed by atoms with Crippen molar-refractivity contribution in [2.75, 3.05) is 0 Å². The third-order valence-corrected chi connectivity index (χ3v) is 3.06. The second-order valence-corrected chi connectivity index (χ2v) is 4.80. The normalized spacial score (nSPS) is 10.8. The van der Waals surface area contributed by atoms with Crippen molar-refractivity contribution in [2.45, 2.75) is 45.4 Å². The molecule has 0 heterocycles. The van der Waals surface area contributed by atoms with E-state index in [0.29, 0.717) is 5.75 Å². The van der Waals surface area contributed by atoms with Crippen molar-refractivity contribution in [1.82, 2.24) is 0 Å². The molecule has 0 fully saturated rings. The van der Waals surface area contributed by atoms with Gasteiger partial charge in [-0.15, -0.1) is 0 Å². The summed E-state index contributed by atoms with van der Waals surface area (Å²) in [4.78, 5) is 17.7. The van der Waals surface area contributed by atoms with E-state index in [-0.39, 0.29) is 0 Å². The van der Waals surface area contributed by atoms with Gasteiger partial charge in [0.05, 0.1) is 0 Å². The summed E-state index contributed by atoms with van der Waals surface area (Å²) in [6, 6.07) is 7.55. The first-order valence-corrected chi connectivity index (χ1v) is 7.34. The van der Waals surface area contributed by atoms with Crippen molar-refractivity contribution >= 4 is 8.60 Å². The van der Waals surface area contributed by atoms with Crippen LogP contribution in [0.2, 0.25) is 0 Å². The number of benzene rings is 1. The summed E-state index contributed by atoms with van der Waals surface area (Å²) in [7, 11) is -2.32. The fraction of sp³-hybridized carbons (Fsp3) is 0.538. The molecule has 0 aromatic heterocycles. The summed E-state index contributed by atoms with van der Waals surface area (Å²) < 4.78 is 5.00. The monoisotopic (exact) mass is 256 g/mol. The van der Waals surface area contributed by atoms with E-state index in [4.69, 9.17) is 14.3 Å². The molecule has 3 nitrogen and oxygen atoms in total. The quantitative estimate of drug-likeness (QED) is 0.549. The average Bonchev–Trinajstić information content (AvgIpc) is 2.30. The van der Waals surface area contributed by atoms with Crippen LogP contribution in [0.3, 0.4) is 0 Å². The number of unbranched alkanes of at least 4 members (excludes halogenated alkanes) is 4. The van der Waals surface area contributed by atoms with E-state index in [2.05, 4.69) is 6.92 Å². The van der Waals surface area contributed by atoms with Gasteiger partial charge in [0.25, 0.3) is 0 Å². The lowest BCUT2D eigenvalue weighted by molar-refractivity contribution is 0.373. The molecule has 1 rings (SSSR count). The van der Waals surface area contributed by atoms with Gasteiger partial charge in [0, 0.05) is 0 Å². The lowest BCUT2D eigenvalue weighted by atomic mass is 10.0. The molecule has 0 spiro atoms. The summed E-state index contributed by atoms with van der Waals surface area (Å²) in [6.45, 7) is 2.20. The van der Waals surface area contributed by atoms with Gasteiger partial charge in [-0.3, -0.25) is 0 Å². The van der Waals surface area contributed by atoms with Crippen molar-refractivity contribution in [3.63, 3.8) is 0 Å². The highest BCUT2D eigenvalue weighted by Crippen LogP contribution is 2.32. The van der Waals surface area contributed by atoms with Gasteiger partial charge < -0.3 is 14.3 Å². The summed E-state index contributed by atoms with van der Waals surface area (Å²) in [6.07, 6.45) is 7.08. The molecule has 0 aliphatic heterocycles. The molecule has 96 valence electrons. The highest BCUT2D eigenvalue weighted by atomic mass is 31.2. The van der Waals surface area contributed by atoms with Crippen LogP contribution in [0.5, 0.6) is 5.75 Å². The fourth-order valence-corrected chi connectivity index (χ4v) is 2.16. The molecule has 0 saturated carbocycles. The third-order valence-electron chi connectivity index (χ3n) is 2.70. The lowest BCUT2D eigenvalue weighted by Gasteiger charge is -2.10. The Morgan fingerprint density at radius 1 is 1.06 bits per heavy atom. The van der Waals surface area contributed by atoms with E-state index in [1.54, 1.807) is 6.07 Å². The average molecular weight is 256 g/mol. The minimum Gasteiger partial charge on any atom is -0.427 e. The molecule has 0 atom stereocenters.